The maximum absolute atomic E-state index is 12.9. The summed E-state index contributed by atoms with van der Waals surface area (Å²) in [6.07, 6.45) is 3.02. The Bertz CT molecular complexity index is 738. The zero-order valence-electron chi connectivity index (χ0n) is 13.7. The Kier molecular flexibility index (Phi) is 4.76. The molecule has 2 atom stereocenters. The Hall–Kier alpha value is -2.08. The molecule has 128 valence electrons. The van der Waals surface area contributed by atoms with Crippen LogP contribution < -0.4 is 9.47 Å². The minimum atomic E-state index is -0.863. The SMILES string of the molecule is COc1cc2cc(C(=O)C3CCCCC3C(=O)O)sc2cc1OC. The van der Waals surface area contributed by atoms with Crippen molar-refractivity contribution in [1.82, 2.24) is 0 Å². The first-order valence-corrected chi connectivity index (χ1v) is 8.79. The Morgan fingerprint density at radius 3 is 2.29 bits per heavy atom. The van der Waals surface area contributed by atoms with Crippen LogP contribution in [0.15, 0.2) is 18.2 Å². The lowest BCUT2D eigenvalue weighted by Crippen LogP contribution is -2.32. The number of benzene rings is 1. The van der Waals surface area contributed by atoms with Gasteiger partial charge in [0.2, 0.25) is 0 Å². The Morgan fingerprint density at radius 2 is 1.67 bits per heavy atom. The van der Waals surface area contributed by atoms with Gasteiger partial charge in [-0.15, -0.1) is 11.3 Å². The zero-order valence-corrected chi connectivity index (χ0v) is 14.5. The van der Waals surface area contributed by atoms with Crippen LogP contribution in [0.2, 0.25) is 0 Å². The van der Waals surface area contributed by atoms with Crippen LogP contribution in [0.4, 0.5) is 0 Å². The third kappa shape index (κ3) is 2.98. The molecule has 3 rings (SSSR count). The molecule has 0 amide bonds. The zero-order chi connectivity index (χ0) is 17.3. The molecule has 1 fully saturated rings. The van der Waals surface area contributed by atoms with E-state index in [0.29, 0.717) is 29.2 Å². The van der Waals surface area contributed by atoms with E-state index in [1.807, 2.05) is 18.2 Å². The van der Waals surface area contributed by atoms with Crippen LogP contribution in [0.5, 0.6) is 11.5 Å². The summed E-state index contributed by atoms with van der Waals surface area (Å²) in [5.41, 5.74) is 0. The van der Waals surface area contributed by atoms with Gasteiger partial charge in [0, 0.05) is 16.7 Å². The average Bonchev–Trinajstić information content (AvgIpc) is 3.02. The molecular formula is C18H20O5S. The van der Waals surface area contributed by atoms with Crippen LogP contribution in [0.1, 0.15) is 35.4 Å². The molecule has 0 spiro atoms. The molecule has 0 saturated heterocycles. The number of hydrogen-bond acceptors (Lipinski definition) is 5. The first-order chi connectivity index (χ1) is 11.5. The topological polar surface area (TPSA) is 72.8 Å². The second kappa shape index (κ2) is 6.81. The summed E-state index contributed by atoms with van der Waals surface area (Å²) < 4.78 is 11.5. The predicted octanol–water partition coefficient (Wildman–Crippen LogP) is 3.99. The van der Waals surface area contributed by atoms with E-state index in [0.717, 1.165) is 22.9 Å². The second-order valence-corrected chi connectivity index (χ2v) is 7.14. The number of aliphatic carboxylic acids is 1. The van der Waals surface area contributed by atoms with Crippen LogP contribution in [0.25, 0.3) is 10.1 Å². The fraction of sp³-hybridized carbons (Fsp3) is 0.444. The number of ether oxygens (including phenoxy) is 2. The van der Waals surface area contributed by atoms with Crippen LogP contribution in [0, 0.1) is 11.8 Å². The smallest absolute Gasteiger partial charge is 0.307 e. The van der Waals surface area contributed by atoms with Gasteiger partial charge < -0.3 is 14.6 Å². The quantitative estimate of drug-likeness (QED) is 0.827. The molecule has 0 radical (unpaired) electrons. The molecule has 1 aliphatic carbocycles. The molecular weight excluding hydrogens is 328 g/mol. The first kappa shape index (κ1) is 16.8. The standard InChI is InChI=1S/C18H20O5S/c1-22-13-7-10-8-16(24-15(10)9-14(13)23-2)17(19)11-5-3-4-6-12(11)18(20)21/h7-9,11-12H,3-6H2,1-2H3,(H,20,21). The number of fused-ring (bicyclic) bond motifs is 1. The lowest BCUT2D eigenvalue weighted by molar-refractivity contribution is -0.144. The Balaban J connectivity index is 1.96. The van der Waals surface area contributed by atoms with Gasteiger partial charge in [-0.25, -0.2) is 0 Å². The normalized spacial score (nSPS) is 20.8. The summed E-state index contributed by atoms with van der Waals surface area (Å²) in [6.45, 7) is 0. The highest BCUT2D eigenvalue weighted by Gasteiger charge is 2.36. The highest BCUT2D eigenvalue weighted by Crippen LogP contribution is 2.39. The number of thiophene rings is 1. The van der Waals surface area contributed by atoms with Crippen molar-refractivity contribution in [2.24, 2.45) is 11.8 Å². The fourth-order valence-corrected chi connectivity index (χ4v) is 4.49. The van der Waals surface area contributed by atoms with Crippen molar-refractivity contribution in [3.05, 3.63) is 23.1 Å². The average molecular weight is 348 g/mol. The lowest BCUT2D eigenvalue weighted by atomic mass is 9.76. The van der Waals surface area contributed by atoms with Gasteiger partial charge in [-0.1, -0.05) is 12.8 Å². The molecule has 2 aromatic rings. The van der Waals surface area contributed by atoms with Gasteiger partial charge in [0.15, 0.2) is 17.3 Å². The van der Waals surface area contributed by atoms with E-state index < -0.39 is 17.8 Å². The highest BCUT2D eigenvalue weighted by atomic mass is 32.1. The van der Waals surface area contributed by atoms with Crippen molar-refractivity contribution in [1.29, 1.82) is 0 Å². The molecule has 6 heteroatoms. The van der Waals surface area contributed by atoms with E-state index in [4.69, 9.17) is 9.47 Å². The molecule has 1 saturated carbocycles. The summed E-state index contributed by atoms with van der Waals surface area (Å²) in [5.74, 6) is -0.679. The third-order valence-electron chi connectivity index (χ3n) is 4.69. The van der Waals surface area contributed by atoms with Gasteiger partial charge in [0.1, 0.15) is 0 Å². The molecule has 0 bridgehead atoms. The van der Waals surface area contributed by atoms with E-state index in [1.165, 1.54) is 11.3 Å². The van der Waals surface area contributed by atoms with Gasteiger partial charge in [0.05, 0.1) is 25.0 Å². The molecule has 24 heavy (non-hydrogen) atoms. The molecule has 0 aliphatic heterocycles. The van der Waals surface area contributed by atoms with Gasteiger partial charge in [0.25, 0.3) is 0 Å². The molecule has 2 unspecified atom stereocenters. The number of Topliss-reactive ketones (excluding diaryl/α,β-unsaturated/α-hetero) is 1. The minimum Gasteiger partial charge on any atom is -0.493 e. The summed E-state index contributed by atoms with van der Waals surface area (Å²) in [7, 11) is 3.14. The van der Waals surface area contributed by atoms with Crippen molar-refractivity contribution < 1.29 is 24.2 Å². The van der Waals surface area contributed by atoms with Crippen LogP contribution in [-0.4, -0.2) is 31.1 Å². The second-order valence-electron chi connectivity index (χ2n) is 6.06. The van der Waals surface area contributed by atoms with Gasteiger partial charge in [-0.05, 0) is 30.4 Å². The summed E-state index contributed by atoms with van der Waals surface area (Å²) in [6, 6.07) is 5.53. The van der Waals surface area contributed by atoms with Crippen molar-refractivity contribution in [3.63, 3.8) is 0 Å². The number of ketones is 1. The Morgan fingerprint density at radius 1 is 1.04 bits per heavy atom. The summed E-state index contributed by atoms with van der Waals surface area (Å²) >= 11 is 1.38. The van der Waals surface area contributed by atoms with Crippen molar-refractivity contribution in [3.8, 4) is 11.5 Å². The summed E-state index contributed by atoms with van der Waals surface area (Å²) in [4.78, 5) is 24.9. The van der Waals surface area contributed by atoms with Gasteiger partial charge in [-0.2, -0.15) is 0 Å². The van der Waals surface area contributed by atoms with Gasteiger partial charge >= 0.3 is 5.97 Å². The van der Waals surface area contributed by atoms with E-state index in [-0.39, 0.29) is 5.78 Å². The number of methoxy groups -OCH3 is 2. The fourth-order valence-electron chi connectivity index (χ4n) is 3.41. The predicted molar refractivity (Wildman–Crippen MR) is 92.3 cm³/mol. The van der Waals surface area contributed by atoms with Crippen LogP contribution in [0.3, 0.4) is 0 Å². The van der Waals surface area contributed by atoms with Crippen molar-refractivity contribution >= 4 is 33.2 Å². The van der Waals surface area contributed by atoms with E-state index >= 15 is 0 Å². The largest absolute Gasteiger partial charge is 0.493 e. The maximum atomic E-state index is 12.9. The van der Waals surface area contributed by atoms with E-state index in [1.54, 1.807) is 14.2 Å². The first-order valence-electron chi connectivity index (χ1n) is 7.97. The number of carbonyl (C=O) groups is 2. The Labute approximate surface area is 144 Å². The lowest BCUT2D eigenvalue weighted by Gasteiger charge is -2.26. The third-order valence-corrected chi connectivity index (χ3v) is 5.80. The van der Waals surface area contributed by atoms with E-state index in [9.17, 15) is 14.7 Å². The number of hydrogen-bond donors (Lipinski definition) is 1. The molecule has 1 aromatic heterocycles. The summed E-state index contributed by atoms with van der Waals surface area (Å²) in [5, 5.41) is 10.3. The number of carboxylic acids is 1. The molecule has 1 aliphatic rings. The van der Waals surface area contributed by atoms with Crippen molar-refractivity contribution in [2.45, 2.75) is 25.7 Å². The maximum Gasteiger partial charge on any atom is 0.307 e. The van der Waals surface area contributed by atoms with Crippen molar-refractivity contribution in [2.75, 3.05) is 14.2 Å². The molecule has 5 nitrogen and oxygen atoms in total. The van der Waals surface area contributed by atoms with Crippen LogP contribution in [-0.2, 0) is 4.79 Å². The van der Waals surface area contributed by atoms with Gasteiger partial charge in [-0.3, -0.25) is 9.59 Å². The molecule has 1 aromatic carbocycles. The van der Waals surface area contributed by atoms with Crippen LogP contribution >= 0.6 is 11.3 Å². The van der Waals surface area contributed by atoms with E-state index in [2.05, 4.69) is 0 Å². The molecule has 1 heterocycles. The minimum absolute atomic E-state index is 0.0544. The number of carbonyl (C=O) groups excluding carboxylic acids is 1. The molecule has 1 N–H and O–H groups in total. The number of rotatable bonds is 5. The monoisotopic (exact) mass is 348 g/mol. The number of carboxylic acid groups (broad SMARTS) is 1. The highest BCUT2D eigenvalue weighted by molar-refractivity contribution is 7.20.